The van der Waals surface area contributed by atoms with Gasteiger partial charge in [0.25, 0.3) is 0 Å². The monoisotopic (exact) mass is 367 g/mol. The Morgan fingerprint density at radius 3 is 2.35 bits per heavy atom. The molecule has 0 fully saturated rings. The van der Waals surface area contributed by atoms with Crippen LogP contribution in [0, 0.1) is 0 Å². The number of methoxy groups -OCH3 is 2. The van der Waals surface area contributed by atoms with Gasteiger partial charge in [0.2, 0.25) is 0 Å². The van der Waals surface area contributed by atoms with Crippen LogP contribution in [-0.4, -0.2) is 31.8 Å². The molecule has 0 aliphatic heterocycles. The Hall–Kier alpha value is -2.70. The van der Waals surface area contributed by atoms with Crippen LogP contribution in [0.5, 0.6) is 5.75 Å². The molecule has 0 atom stereocenters. The molecule has 0 unspecified atom stereocenters. The minimum atomic E-state index is -4.48. The summed E-state index contributed by atoms with van der Waals surface area (Å²) in [5.41, 5.74) is 0.807. The van der Waals surface area contributed by atoms with E-state index in [1.807, 2.05) is 0 Å². The lowest BCUT2D eigenvalue weighted by Gasteiger charge is -2.22. The second-order valence-electron chi connectivity index (χ2n) is 5.55. The maximum absolute atomic E-state index is 13.2. The Kier molecular flexibility index (Phi) is 6.13. The summed E-state index contributed by atoms with van der Waals surface area (Å²) in [5, 5.41) is 0. The van der Waals surface area contributed by atoms with Crippen LogP contribution >= 0.6 is 0 Å². The van der Waals surface area contributed by atoms with Crippen molar-refractivity contribution in [1.29, 1.82) is 0 Å². The summed E-state index contributed by atoms with van der Waals surface area (Å²) in [7, 11) is 2.73. The van der Waals surface area contributed by atoms with Crippen LogP contribution in [0.4, 0.5) is 18.0 Å². The van der Waals surface area contributed by atoms with Crippen LogP contribution in [0.15, 0.2) is 42.5 Å². The zero-order valence-electron chi connectivity index (χ0n) is 14.8. The fourth-order valence-electron chi connectivity index (χ4n) is 2.67. The van der Waals surface area contributed by atoms with E-state index in [1.54, 1.807) is 31.2 Å². The molecule has 0 aliphatic carbocycles. The fraction of sp³-hybridized carbons (Fsp3) is 0.316. The molecule has 2 aromatic carbocycles. The van der Waals surface area contributed by atoms with E-state index in [0.29, 0.717) is 29.0 Å². The normalized spacial score (nSPS) is 11.2. The van der Waals surface area contributed by atoms with E-state index in [4.69, 9.17) is 9.47 Å². The number of hydrogen-bond acceptors (Lipinski definition) is 3. The number of ether oxygens (including phenoxy) is 2. The summed E-state index contributed by atoms with van der Waals surface area (Å²) in [6.45, 7) is 2.02. The molecule has 0 N–H and O–H groups in total. The largest absolute Gasteiger partial charge is 0.496 e. The molecule has 0 saturated carbocycles. The predicted molar refractivity (Wildman–Crippen MR) is 91.9 cm³/mol. The van der Waals surface area contributed by atoms with Gasteiger partial charge < -0.3 is 14.4 Å². The van der Waals surface area contributed by atoms with Crippen molar-refractivity contribution < 1.29 is 27.4 Å². The topological polar surface area (TPSA) is 38.8 Å². The highest BCUT2D eigenvalue weighted by Gasteiger charge is 2.31. The molecule has 0 aromatic heterocycles. The van der Waals surface area contributed by atoms with Crippen LogP contribution in [0.2, 0.25) is 0 Å². The first-order valence-electron chi connectivity index (χ1n) is 7.98. The molecule has 0 aliphatic rings. The lowest BCUT2D eigenvalue weighted by atomic mass is 9.96. The second-order valence-corrected chi connectivity index (χ2v) is 5.55. The molecule has 1 amide bonds. The number of alkyl halides is 3. The van der Waals surface area contributed by atoms with Gasteiger partial charge in [0.1, 0.15) is 5.75 Å². The summed E-state index contributed by atoms with van der Waals surface area (Å²) >= 11 is 0. The van der Waals surface area contributed by atoms with Crippen molar-refractivity contribution in [2.45, 2.75) is 19.6 Å². The summed E-state index contributed by atoms with van der Waals surface area (Å²) in [6, 6.07) is 10.5. The van der Waals surface area contributed by atoms with Crippen LogP contribution in [-0.2, 0) is 17.5 Å². The average molecular weight is 367 g/mol. The highest BCUT2D eigenvalue weighted by atomic mass is 19.4. The van der Waals surface area contributed by atoms with Gasteiger partial charge in [0, 0.05) is 18.7 Å². The van der Waals surface area contributed by atoms with Crippen LogP contribution in [0.3, 0.4) is 0 Å². The van der Waals surface area contributed by atoms with Crippen molar-refractivity contribution in [2.24, 2.45) is 0 Å². The van der Waals surface area contributed by atoms with Crippen molar-refractivity contribution in [3.63, 3.8) is 0 Å². The first-order valence-corrected chi connectivity index (χ1v) is 7.98. The molecular formula is C19H20F3NO3. The van der Waals surface area contributed by atoms with E-state index in [2.05, 4.69) is 0 Å². The molecule has 2 aromatic rings. The van der Waals surface area contributed by atoms with Crippen molar-refractivity contribution in [2.75, 3.05) is 20.8 Å². The van der Waals surface area contributed by atoms with Gasteiger partial charge in [-0.3, -0.25) is 0 Å². The first kappa shape index (κ1) is 19.6. The number of amides is 1. The van der Waals surface area contributed by atoms with E-state index in [-0.39, 0.29) is 6.54 Å². The molecule has 140 valence electrons. The predicted octanol–water partition coefficient (Wildman–Crippen LogP) is 4.97. The van der Waals surface area contributed by atoms with Gasteiger partial charge >= 0.3 is 12.3 Å². The average Bonchev–Trinajstić information content (AvgIpc) is 2.64. The third-order valence-corrected chi connectivity index (χ3v) is 4.01. The third-order valence-electron chi connectivity index (χ3n) is 4.01. The van der Waals surface area contributed by atoms with E-state index in [0.717, 1.165) is 12.1 Å². The number of carbonyl (C=O) groups is 1. The molecular weight excluding hydrogens is 347 g/mol. The SMILES string of the molecule is CCN(Cc1cc(C(F)(F)F)ccc1-c1ccccc1OC)C(=O)OC. The third kappa shape index (κ3) is 4.28. The smallest absolute Gasteiger partial charge is 0.416 e. The molecule has 2 rings (SSSR count). The molecule has 0 heterocycles. The molecule has 0 radical (unpaired) electrons. The van der Waals surface area contributed by atoms with Crippen molar-refractivity contribution in [3.8, 4) is 16.9 Å². The molecule has 0 saturated heterocycles. The first-order chi connectivity index (χ1) is 12.3. The van der Waals surface area contributed by atoms with Crippen LogP contribution in [0.1, 0.15) is 18.1 Å². The lowest BCUT2D eigenvalue weighted by molar-refractivity contribution is -0.137. The Morgan fingerprint density at radius 1 is 1.08 bits per heavy atom. The molecule has 26 heavy (non-hydrogen) atoms. The van der Waals surface area contributed by atoms with Crippen molar-refractivity contribution in [3.05, 3.63) is 53.6 Å². The van der Waals surface area contributed by atoms with Crippen molar-refractivity contribution in [1.82, 2.24) is 4.90 Å². The number of hydrogen-bond donors (Lipinski definition) is 0. The van der Waals surface area contributed by atoms with Gasteiger partial charge in [0.05, 0.1) is 19.8 Å². The Morgan fingerprint density at radius 2 is 1.77 bits per heavy atom. The van der Waals surface area contributed by atoms with Gasteiger partial charge in [-0.05, 0) is 36.2 Å². The van der Waals surface area contributed by atoms with Gasteiger partial charge in [0.15, 0.2) is 0 Å². The molecule has 4 nitrogen and oxygen atoms in total. The summed E-state index contributed by atoms with van der Waals surface area (Å²) in [6.07, 6.45) is -5.08. The second kappa shape index (κ2) is 8.12. The highest BCUT2D eigenvalue weighted by Crippen LogP contribution is 2.37. The minimum absolute atomic E-state index is 0.0134. The van der Waals surface area contributed by atoms with Gasteiger partial charge in [-0.1, -0.05) is 24.3 Å². The quantitative estimate of drug-likeness (QED) is 0.749. The van der Waals surface area contributed by atoms with E-state index in [9.17, 15) is 18.0 Å². The number of carbonyl (C=O) groups excluding carboxylic acids is 1. The van der Waals surface area contributed by atoms with Crippen LogP contribution < -0.4 is 4.74 Å². The number of para-hydroxylation sites is 1. The number of benzene rings is 2. The Balaban J connectivity index is 2.59. The number of rotatable bonds is 5. The fourth-order valence-corrected chi connectivity index (χ4v) is 2.67. The summed E-state index contributed by atoms with van der Waals surface area (Å²) in [4.78, 5) is 13.2. The minimum Gasteiger partial charge on any atom is -0.496 e. The van der Waals surface area contributed by atoms with Gasteiger partial charge in [-0.2, -0.15) is 13.2 Å². The number of nitrogens with zero attached hydrogens (tertiary/aromatic N) is 1. The molecule has 0 spiro atoms. The van der Waals surface area contributed by atoms with Gasteiger partial charge in [-0.15, -0.1) is 0 Å². The zero-order valence-corrected chi connectivity index (χ0v) is 14.8. The molecule has 0 bridgehead atoms. The van der Waals surface area contributed by atoms with E-state index in [1.165, 1.54) is 25.2 Å². The Labute approximate surface area is 150 Å². The maximum atomic E-state index is 13.2. The van der Waals surface area contributed by atoms with Crippen molar-refractivity contribution >= 4 is 6.09 Å². The standard InChI is InChI=1S/C19H20F3NO3/c1-4-23(18(24)26-3)12-13-11-14(19(20,21)22)9-10-15(13)16-7-5-6-8-17(16)25-2/h5-11H,4,12H2,1-3H3. The summed E-state index contributed by atoms with van der Waals surface area (Å²) < 4.78 is 49.5. The molecule has 7 heteroatoms. The highest BCUT2D eigenvalue weighted by molar-refractivity contribution is 5.75. The zero-order chi connectivity index (χ0) is 19.3. The van der Waals surface area contributed by atoms with E-state index >= 15 is 0 Å². The Bertz CT molecular complexity index is 775. The van der Waals surface area contributed by atoms with Gasteiger partial charge in [-0.25, -0.2) is 4.79 Å². The lowest BCUT2D eigenvalue weighted by Crippen LogP contribution is -2.30. The maximum Gasteiger partial charge on any atom is 0.416 e. The summed E-state index contributed by atoms with van der Waals surface area (Å²) in [5.74, 6) is 0.537. The van der Waals surface area contributed by atoms with Crippen LogP contribution in [0.25, 0.3) is 11.1 Å². The van der Waals surface area contributed by atoms with E-state index < -0.39 is 17.8 Å². The number of halogens is 3.